The molecule has 1 N–H and O–H groups in total. The molecular weight excluding hydrogens is 418 g/mol. The Kier molecular flexibility index (Phi) is 7.49. The number of carbonyl (C=O) groups is 1. The zero-order chi connectivity index (χ0) is 22.6. The molecule has 0 unspecified atom stereocenters. The maximum absolute atomic E-state index is 13.1. The maximum Gasteiger partial charge on any atom is 0.243 e. The molecule has 0 aliphatic carbocycles. The highest BCUT2D eigenvalue weighted by atomic mass is 32.2. The number of carbonyl (C=O) groups excluding carboxylic acids is 1. The summed E-state index contributed by atoms with van der Waals surface area (Å²) in [5.74, 6) is 0.891. The Morgan fingerprint density at radius 3 is 2.45 bits per heavy atom. The van der Waals surface area contributed by atoms with Gasteiger partial charge >= 0.3 is 0 Å². The summed E-state index contributed by atoms with van der Waals surface area (Å²) in [7, 11) is 0.389. The summed E-state index contributed by atoms with van der Waals surface area (Å²) >= 11 is 0. The van der Waals surface area contributed by atoms with Crippen LogP contribution in [0, 0.1) is 11.3 Å². The van der Waals surface area contributed by atoms with Crippen LogP contribution in [0.1, 0.15) is 33.1 Å². The number of hydrogen-bond donors (Lipinski definition) is 1. The van der Waals surface area contributed by atoms with Gasteiger partial charge in [-0.2, -0.15) is 4.31 Å². The maximum atomic E-state index is 13.1. The summed E-state index contributed by atoms with van der Waals surface area (Å²) in [6.07, 6.45) is 1.80. The fraction of sp³-hybridized carbons (Fsp3) is 0.682. The van der Waals surface area contributed by atoms with Gasteiger partial charge in [0, 0.05) is 44.6 Å². The largest absolute Gasteiger partial charge is 0.490 e. The smallest absolute Gasteiger partial charge is 0.243 e. The molecule has 174 valence electrons. The van der Waals surface area contributed by atoms with Crippen molar-refractivity contribution in [3.63, 3.8) is 0 Å². The van der Waals surface area contributed by atoms with Crippen molar-refractivity contribution in [2.24, 2.45) is 11.3 Å². The number of nitrogens with one attached hydrogen (secondary N) is 1. The number of piperidine rings is 1. The first kappa shape index (κ1) is 23.8. The van der Waals surface area contributed by atoms with E-state index >= 15 is 0 Å². The number of hydrogen-bond acceptors (Lipinski definition) is 6. The minimum absolute atomic E-state index is 0.0134. The van der Waals surface area contributed by atoms with Crippen molar-refractivity contribution in [1.29, 1.82) is 0 Å². The van der Waals surface area contributed by atoms with Gasteiger partial charge in [0.2, 0.25) is 15.9 Å². The van der Waals surface area contributed by atoms with E-state index in [0.717, 1.165) is 13.0 Å². The van der Waals surface area contributed by atoms with Gasteiger partial charge in [0.1, 0.15) is 0 Å². The van der Waals surface area contributed by atoms with Gasteiger partial charge in [-0.1, -0.05) is 13.8 Å². The Hall–Kier alpha value is -1.84. The van der Waals surface area contributed by atoms with E-state index in [-0.39, 0.29) is 22.1 Å². The van der Waals surface area contributed by atoms with E-state index in [1.165, 1.54) is 4.31 Å². The predicted molar refractivity (Wildman–Crippen MR) is 119 cm³/mol. The minimum Gasteiger partial charge on any atom is -0.490 e. The second-order valence-electron chi connectivity index (χ2n) is 9.46. The fourth-order valence-corrected chi connectivity index (χ4v) is 5.68. The molecule has 0 radical (unpaired) electrons. The highest BCUT2D eigenvalue weighted by molar-refractivity contribution is 7.89. The van der Waals surface area contributed by atoms with Crippen LogP contribution in [-0.2, 0) is 14.8 Å². The van der Waals surface area contributed by atoms with Gasteiger partial charge in [0.25, 0.3) is 0 Å². The summed E-state index contributed by atoms with van der Waals surface area (Å²) in [6, 6.07) is 4.76. The molecule has 1 fully saturated rings. The third kappa shape index (κ3) is 6.11. The highest BCUT2D eigenvalue weighted by Crippen LogP contribution is 2.33. The van der Waals surface area contributed by atoms with Crippen LogP contribution >= 0.6 is 0 Å². The molecular formula is C22H35N3O5S. The molecule has 1 aromatic rings. The first-order valence-electron chi connectivity index (χ1n) is 10.9. The molecule has 2 aliphatic rings. The summed E-state index contributed by atoms with van der Waals surface area (Å²) in [6.45, 7) is 7.43. The Bertz CT molecular complexity index is 877. The number of fused-ring (bicyclic) bond motifs is 1. The zero-order valence-corrected chi connectivity index (χ0v) is 19.8. The Labute approximate surface area is 185 Å². The molecule has 3 rings (SSSR count). The molecule has 0 bridgehead atoms. The molecule has 0 spiro atoms. The van der Waals surface area contributed by atoms with Crippen molar-refractivity contribution in [2.45, 2.75) is 38.0 Å². The molecule has 31 heavy (non-hydrogen) atoms. The normalized spacial score (nSPS) is 18.6. The van der Waals surface area contributed by atoms with Gasteiger partial charge < -0.3 is 19.7 Å². The van der Waals surface area contributed by atoms with Crippen LogP contribution in [0.5, 0.6) is 11.5 Å². The van der Waals surface area contributed by atoms with Crippen molar-refractivity contribution in [3.8, 4) is 11.5 Å². The van der Waals surface area contributed by atoms with Crippen LogP contribution in [0.4, 0.5) is 0 Å². The van der Waals surface area contributed by atoms with E-state index in [1.807, 2.05) is 14.1 Å². The molecule has 1 saturated heterocycles. The average Bonchev–Trinajstić information content (AvgIpc) is 2.96. The molecule has 1 aromatic carbocycles. The fourth-order valence-electron chi connectivity index (χ4n) is 4.19. The van der Waals surface area contributed by atoms with Crippen molar-refractivity contribution in [2.75, 3.05) is 53.5 Å². The molecule has 8 nitrogen and oxygen atoms in total. The quantitative estimate of drug-likeness (QED) is 0.679. The van der Waals surface area contributed by atoms with E-state index in [2.05, 4.69) is 24.1 Å². The summed E-state index contributed by atoms with van der Waals surface area (Å²) in [5, 5.41) is 3.06. The molecule has 0 atom stereocenters. The lowest BCUT2D eigenvalue weighted by Crippen LogP contribution is -2.45. The predicted octanol–water partition coefficient (Wildman–Crippen LogP) is 1.95. The standard InChI is InChI=1S/C22H35N3O5S/c1-22(2,16-24(3)4)15-23-21(26)17-8-10-25(11-9-17)31(27,28)18-6-7-19-20(14-18)30-13-5-12-29-19/h6-7,14,17H,5,8-13,15-16H2,1-4H3,(H,23,26). The lowest BCUT2D eigenvalue weighted by Gasteiger charge is -2.32. The molecule has 0 saturated carbocycles. The van der Waals surface area contributed by atoms with Gasteiger partial charge in [-0.05, 0) is 44.5 Å². The monoisotopic (exact) mass is 453 g/mol. The van der Waals surface area contributed by atoms with E-state index in [1.54, 1.807) is 18.2 Å². The number of benzene rings is 1. The molecule has 2 heterocycles. The first-order chi connectivity index (χ1) is 14.6. The second-order valence-corrected chi connectivity index (χ2v) is 11.4. The second kappa shape index (κ2) is 9.75. The van der Waals surface area contributed by atoms with Crippen LogP contribution in [0.2, 0.25) is 0 Å². The van der Waals surface area contributed by atoms with Gasteiger partial charge in [0.05, 0.1) is 18.1 Å². The lowest BCUT2D eigenvalue weighted by molar-refractivity contribution is -0.126. The van der Waals surface area contributed by atoms with E-state index in [9.17, 15) is 13.2 Å². The van der Waals surface area contributed by atoms with Gasteiger partial charge in [-0.25, -0.2) is 8.42 Å². The SMILES string of the molecule is CN(C)CC(C)(C)CNC(=O)C1CCN(S(=O)(=O)c2ccc3c(c2)OCCCO3)CC1. The summed E-state index contributed by atoms with van der Waals surface area (Å²) < 4.78 is 38.9. The van der Waals surface area contributed by atoms with E-state index in [0.29, 0.717) is 57.2 Å². The third-order valence-corrected chi connectivity index (χ3v) is 7.56. The van der Waals surface area contributed by atoms with Gasteiger partial charge in [0.15, 0.2) is 11.5 Å². The minimum atomic E-state index is -3.65. The topological polar surface area (TPSA) is 88.2 Å². The Morgan fingerprint density at radius 1 is 1.16 bits per heavy atom. The van der Waals surface area contributed by atoms with Gasteiger partial charge in [-0.15, -0.1) is 0 Å². The van der Waals surface area contributed by atoms with E-state index in [4.69, 9.17) is 9.47 Å². The Morgan fingerprint density at radius 2 is 1.81 bits per heavy atom. The lowest BCUT2D eigenvalue weighted by atomic mass is 9.91. The molecule has 9 heteroatoms. The average molecular weight is 454 g/mol. The Balaban J connectivity index is 1.57. The first-order valence-corrected chi connectivity index (χ1v) is 12.3. The van der Waals surface area contributed by atoms with E-state index < -0.39 is 10.0 Å². The van der Waals surface area contributed by atoms with Crippen molar-refractivity contribution in [1.82, 2.24) is 14.5 Å². The number of sulfonamides is 1. The van der Waals surface area contributed by atoms with Crippen LogP contribution in [0.25, 0.3) is 0 Å². The number of rotatable bonds is 7. The van der Waals surface area contributed by atoms with Crippen LogP contribution in [-0.4, -0.2) is 77.0 Å². The summed E-state index contributed by atoms with van der Waals surface area (Å²) in [4.78, 5) is 14.9. The highest BCUT2D eigenvalue weighted by Gasteiger charge is 2.33. The number of nitrogens with zero attached hydrogens (tertiary/aromatic N) is 2. The molecule has 1 amide bonds. The summed E-state index contributed by atoms with van der Waals surface area (Å²) in [5.41, 5.74) is -0.0275. The third-order valence-electron chi connectivity index (χ3n) is 5.67. The van der Waals surface area contributed by atoms with Crippen LogP contribution in [0.3, 0.4) is 0 Å². The zero-order valence-electron chi connectivity index (χ0n) is 19.0. The van der Waals surface area contributed by atoms with Crippen molar-refractivity contribution in [3.05, 3.63) is 18.2 Å². The molecule has 0 aromatic heterocycles. The number of ether oxygens (including phenoxy) is 2. The van der Waals surface area contributed by atoms with Crippen molar-refractivity contribution < 1.29 is 22.7 Å². The van der Waals surface area contributed by atoms with Crippen LogP contribution in [0.15, 0.2) is 23.1 Å². The number of amides is 1. The van der Waals surface area contributed by atoms with Gasteiger partial charge in [-0.3, -0.25) is 4.79 Å². The van der Waals surface area contributed by atoms with Crippen molar-refractivity contribution >= 4 is 15.9 Å². The molecule has 2 aliphatic heterocycles. The van der Waals surface area contributed by atoms with Crippen LogP contribution < -0.4 is 14.8 Å².